The quantitative estimate of drug-likeness (QED) is 0.287. The summed E-state index contributed by atoms with van der Waals surface area (Å²) in [7, 11) is 0. The SMILES string of the molecule is [C-]#[N+]/C(=C\c1ccc(N(c2cc3c4c(c2)CCCN4CCC3)c2cc3c4c(c2)CCCN4CCC3)cc1)C(=O)O. The summed E-state index contributed by atoms with van der Waals surface area (Å²) in [4.78, 5) is 22.1. The van der Waals surface area contributed by atoms with E-state index in [0.29, 0.717) is 5.56 Å². The number of aliphatic carboxylic acids is 1. The zero-order valence-corrected chi connectivity index (χ0v) is 22.8. The highest BCUT2D eigenvalue weighted by Gasteiger charge is 2.28. The average Bonchev–Trinajstić information content (AvgIpc) is 2.97. The molecule has 3 aromatic carbocycles. The Labute approximate surface area is 236 Å². The molecule has 0 spiro atoms. The van der Waals surface area contributed by atoms with Crippen molar-refractivity contribution in [1.82, 2.24) is 0 Å². The monoisotopic (exact) mass is 530 g/mol. The number of carboxylic acids is 1. The largest absolute Gasteiger partial charge is 0.486 e. The predicted octanol–water partition coefficient (Wildman–Crippen LogP) is 6.90. The smallest absolute Gasteiger partial charge is 0.333 e. The van der Waals surface area contributed by atoms with Crippen molar-refractivity contribution in [2.45, 2.75) is 51.4 Å². The maximum atomic E-state index is 11.4. The Balaban J connectivity index is 1.37. The lowest BCUT2D eigenvalue weighted by atomic mass is 9.90. The first-order valence-corrected chi connectivity index (χ1v) is 14.6. The van der Waals surface area contributed by atoms with Gasteiger partial charge in [-0.3, -0.25) is 4.79 Å². The standard InChI is InChI=1S/C34H34N4O2/c1-35-31(34(39)40)18-23-10-12-28(13-11-23)38(29-19-24-6-2-14-36-15-3-7-25(20-29)32(24)36)30-21-26-8-4-16-37-17-5-9-27(22-30)33(26)37/h10-13,18-22H,2-9,14-17H2,(H,39,40)/b31-18-. The zero-order chi connectivity index (χ0) is 27.2. The van der Waals surface area contributed by atoms with Crippen LogP contribution in [0.1, 0.15) is 53.5 Å². The van der Waals surface area contributed by atoms with Gasteiger partial charge in [0.05, 0.1) is 6.57 Å². The Morgan fingerprint density at radius 2 is 1.15 bits per heavy atom. The highest BCUT2D eigenvalue weighted by atomic mass is 16.4. The summed E-state index contributed by atoms with van der Waals surface area (Å²) >= 11 is 0. The third-order valence-electron chi connectivity index (χ3n) is 8.94. The second kappa shape index (κ2) is 10.1. The minimum absolute atomic E-state index is 0.277. The molecule has 0 amide bonds. The lowest BCUT2D eigenvalue weighted by Gasteiger charge is -2.39. The number of hydrogen-bond acceptors (Lipinski definition) is 4. The molecule has 4 heterocycles. The molecule has 0 aliphatic carbocycles. The summed E-state index contributed by atoms with van der Waals surface area (Å²) in [5.41, 5.74) is 12.6. The van der Waals surface area contributed by atoms with Crippen molar-refractivity contribution in [2.75, 3.05) is 40.9 Å². The van der Waals surface area contributed by atoms with E-state index in [-0.39, 0.29) is 5.70 Å². The summed E-state index contributed by atoms with van der Waals surface area (Å²) in [5, 5.41) is 9.32. The fourth-order valence-electron chi connectivity index (χ4n) is 7.29. The second-order valence-electron chi connectivity index (χ2n) is 11.5. The molecular formula is C34H34N4O2. The summed E-state index contributed by atoms with van der Waals surface area (Å²) < 4.78 is 0. The molecule has 0 fully saturated rings. The molecule has 4 aliphatic rings. The van der Waals surface area contributed by atoms with E-state index in [1.807, 2.05) is 12.1 Å². The number of rotatable bonds is 5. The van der Waals surface area contributed by atoms with Gasteiger partial charge in [0.2, 0.25) is 0 Å². The van der Waals surface area contributed by atoms with Crippen LogP contribution < -0.4 is 14.7 Å². The Hall–Kier alpha value is -4.24. The van der Waals surface area contributed by atoms with E-state index in [1.54, 1.807) is 0 Å². The van der Waals surface area contributed by atoms with E-state index in [1.165, 1.54) is 76.8 Å². The summed E-state index contributed by atoms with van der Waals surface area (Å²) in [6.45, 7) is 11.8. The van der Waals surface area contributed by atoms with E-state index in [4.69, 9.17) is 6.57 Å². The first-order valence-electron chi connectivity index (χ1n) is 14.6. The summed E-state index contributed by atoms with van der Waals surface area (Å²) in [6.07, 6.45) is 10.7. The zero-order valence-electron chi connectivity index (χ0n) is 22.8. The van der Waals surface area contributed by atoms with Crippen LogP contribution in [-0.2, 0) is 30.5 Å². The lowest BCUT2D eigenvalue weighted by Crippen LogP contribution is -2.35. The number of carbonyl (C=O) groups is 1. The van der Waals surface area contributed by atoms with Gasteiger partial charge in [-0.25, -0.2) is 4.85 Å². The van der Waals surface area contributed by atoms with Gasteiger partial charge in [-0.2, -0.15) is 0 Å². The number of anilines is 5. The van der Waals surface area contributed by atoms with Gasteiger partial charge >= 0.3 is 5.97 Å². The van der Waals surface area contributed by atoms with Gasteiger partial charge in [0, 0.05) is 54.6 Å². The molecule has 202 valence electrons. The molecule has 0 atom stereocenters. The first kappa shape index (κ1) is 24.8. The van der Waals surface area contributed by atoms with Gasteiger partial charge in [-0.15, -0.1) is 0 Å². The van der Waals surface area contributed by atoms with Gasteiger partial charge in [0.1, 0.15) is 0 Å². The maximum absolute atomic E-state index is 11.4. The van der Waals surface area contributed by atoms with Gasteiger partial charge in [-0.1, -0.05) is 12.1 Å². The molecule has 40 heavy (non-hydrogen) atoms. The summed E-state index contributed by atoms with van der Waals surface area (Å²) in [5.74, 6) is -1.20. The van der Waals surface area contributed by atoms with Crippen molar-refractivity contribution in [3.8, 4) is 0 Å². The summed E-state index contributed by atoms with van der Waals surface area (Å²) in [6, 6.07) is 17.6. The van der Waals surface area contributed by atoms with Crippen molar-refractivity contribution in [1.29, 1.82) is 0 Å². The molecule has 0 radical (unpaired) electrons. The minimum atomic E-state index is -1.20. The molecule has 6 heteroatoms. The topological polar surface area (TPSA) is 51.4 Å². The Morgan fingerprint density at radius 1 is 0.725 bits per heavy atom. The fourth-order valence-corrected chi connectivity index (χ4v) is 7.29. The molecule has 6 nitrogen and oxygen atoms in total. The third-order valence-corrected chi connectivity index (χ3v) is 8.94. The van der Waals surface area contributed by atoms with Gasteiger partial charge in [0.15, 0.2) is 0 Å². The van der Waals surface area contributed by atoms with Crippen LogP contribution in [0.5, 0.6) is 0 Å². The van der Waals surface area contributed by atoms with Gasteiger partial charge in [0.25, 0.3) is 5.70 Å². The van der Waals surface area contributed by atoms with E-state index in [2.05, 4.69) is 55.9 Å². The molecular weight excluding hydrogens is 496 g/mol. The molecule has 0 bridgehead atoms. The van der Waals surface area contributed by atoms with Crippen LogP contribution in [0.15, 0.2) is 54.2 Å². The van der Waals surface area contributed by atoms with Crippen LogP contribution in [0.25, 0.3) is 10.9 Å². The van der Waals surface area contributed by atoms with Crippen molar-refractivity contribution < 1.29 is 9.90 Å². The maximum Gasteiger partial charge on any atom is 0.333 e. The molecule has 0 saturated heterocycles. The Morgan fingerprint density at radius 3 is 1.52 bits per heavy atom. The van der Waals surface area contributed by atoms with Crippen molar-refractivity contribution >= 4 is 40.5 Å². The molecule has 3 aromatic rings. The lowest BCUT2D eigenvalue weighted by molar-refractivity contribution is -0.132. The van der Waals surface area contributed by atoms with E-state index in [0.717, 1.165) is 57.5 Å². The predicted molar refractivity (Wildman–Crippen MR) is 161 cm³/mol. The number of aryl methyl sites for hydroxylation is 4. The number of benzene rings is 3. The van der Waals surface area contributed by atoms with Crippen LogP contribution in [-0.4, -0.2) is 37.3 Å². The highest BCUT2D eigenvalue weighted by molar-refractivity contribution is 5.94. The Kier molecular flexibility index (Phi) is 6.23. The first-order chi connectivity index (χ1) is 19.6. The van der Waals surface area contributed by atoms with Crippen LogP contribution in [0, 0.1) is 6.57 Å². The van der Waals surface area contributed by atoms with Crippen molar-refractivity contribution in [3.05, 3.63) is 93.5 Å². The Bertz CT molecular complexity index is 1430. The number of hydrogen-bond donors (Lipinski definition) is 1. The van der Waals surface area contributed by atoms with Crippen molar-refractivity contribution in [2.24, 2.45) is 0 Å². The molecule has 1 N–H and O–H groups in total. The number of carboxylic acid groups (broad SMARTS) is 1. The van der Waals surface area contributed by atoms with Crippen LogP contribution in [0.2, 0.25) is 0 Å². The fraction of sp³-hybridized carbons (Fsp3) is 0.353. The van der Waals surface area contributed by atoms with Crippen LogP contribution in [0.4, 0.5) is 28.4 Å². The van der Waals surface area contributed by atoms with E-state index >= 15 is 0 Å². The van der Waals surface area contributed by atoms with E-state index in [9.17, 15) is 9.90 Å². The average molecular weight is 531 g/mol. The molecule has 4 aliphatic heterocycles. The van der Waals surface area contributed by atoms with E-state index < -0.39 is 5.97 Å². The minimum Gasteiger partial charge on any atom is -0.486 e. The normalized spacial score (nSPS) is 17.5. The number of nitrogens with zero attached hydrogens (tertiary/aromatic N) is 4. The van der Waals surface area contributed by atoms with Crippen LogP contribution >= 0.6 is 0 Å². The van der Waals surface area contributed by atoms with Crippen molar-refractivity contribution in [3.63, 3.8) is 0 Å². The molecule has 0 unspecified atom stereocenters. The molecule has 0 aromatic heterocycles. The van der Waals surface area contributed by atoms with Crippen LogP contribution in [0.3, 0.4) is 0 Å². The molecule has 7 rings (SSSR count). The second-order valence-corrected chi connectivity index (χ2v) is 11.5. The highest BCUT2D eigenvalue weighted by Crippen LogP contribution is 2.45. The van der Waals surface area contributed by atoms with Gasteiger partial charge in [-0.05, 0) is 122 Å². The molecule has 0 saturated carbocycles. The van der Waals surface area contributed by atoms with Gasteiger partial charge < -0.3 is 19.8 Å². The third kappa shape index (κ3) is 4.30.